The summed E-state index contributed by atoms with van der Waals surface area (Å²) < 4.78 is 39.6. The minimum absolute atomic E-state index is 0.228. The van der Waals surface area contributed by atoms with Crippen LogP contribution in [0.3, 0.4) is 0 Å². The molecule has 0 spiro atoms. The number of rotatable bonds is 9. The largest absolute Gasteiger partial charge is 0.352 e. The van der Waals surface area contributed by atoms with Gasteiger partial charge in [-0.1, -0.05) is 37.6 Å². The zero-order valence-corrected chi connectivity index (χ0v) is 18.0. The first-order valence-corrected chi connectivity index (χ1v) is 11.4. The summed E-state index contributed by atoms with van der Waals surface area (Å²) in [4.78, 5) is 25.3. The van der Waals surface area contributed by atoms with E-state index in [1.807, 2.05) is 6.92 Å². The van der Waals surface area contributed by atoms with Crippen molar-refractivity contribution >= 4 is 33.2 Å². The lowest BCUT2D eigenvalue weighted by Gasteiger charge is -2.28. The third-order valence-electron chi connectivity index (χ3n) is 4.42. The summed E-state index contributed by atoms with van der Waals surface area (Å²) in [6.45, 7) is 3.86. The molecule has 0 unspecified atom stereocenters. The van der Waals surface area contributed by atoms with E-state index in [2.05, 4.69) is 10.6 Å². The highest BCUT2D eigenvalue weighted by Crippen LogP contribution is 2.25. The fourth-order valence-electron chi connectivity index (χ4n) is 2.91. The van der Waals surface area contributed by atoms with Crippen molar-refractivity contribution in [2.75, 3.05) is 22.4 Å². The van der Waals surface area contributed by atoms with E-state index in [0.717, 1.165) is 29.5 Å². The Labute approximate surface area is 176 Å². The zero-order valence-electron chi connectivity index (χ0n) is 17.2. The molecule has 0 heterocycles. The lowest BCUT2D eigenvalue weighted by molar-refractivity contribution is -0.116. The maximum absolute atomic E-state index is 14.2. The Morgan fingerprint density at radius 2 is 1.73 bits per heavy atom. The Kier molecular flexibility index (Phi) is 7.93. The van der Waals surface area contributed by atoms with Gasteiger partial charge in [0.1, 0.15) is 11.9 Å². The number of sulfonamides is 1. The van der Waals surface area contributed by atoms with Gasteiger partial charge in [0.2, 0.25) is 15.9 Å². The molecular formula is C21H26FN3O4S. The Morgan fingerprint density at radius 1 is 1.10 bits per heavy atom. The van der Waals surface area contributed by atoms with Crippen LogP contribution in [0, 0.1) is 5.82 Å². The number of carbonyl (C=O) groups excluding carboxylic acids is 2. The summed E-state index contributed by atoms with van der Waals surface area (Å²) in [6.07, 6.45) is 2.65. The summed E-state index contributed by atoms with van der Waals surface area (Å²) in [5.41, 5.74) is 0.268. The Morgan fingerprint density at radius 3 is 2.37 bits per heavy atom. The molecule has 0 fully saturated rings. The number of para-hydroxylation sites is 2. The van der Waals surface area contributed by atoms with Crippen LogP contribution in [0.1, 0.15) is 37.0 Å². The number of halogens is 1. The van der Waals surface area contributed by atoms with Gasteiger partial charge in [0.25, 0.3) is 5.91 Å². The molecule has 0 aliphatic heterocycles. The molecule has 9 heteroatoms. The zero-order chi connectivity index (χ0) is 22.3. The average Bonchev–Trinajstić information content (AvgIpc) is 2.69. The minimum Gasteiger partial charge on any atom is -0.352 e. The second-order valence-corrected chi connectivity index (χ2v) is 8.69. The number of amides is 2. The molecule has 0 aromatic heterocycles. The minimum atomic E-state index is -3.97. The molecule has 2 amide bonds. The van der Waals surface area contributed by atoms with Crippen molar-refractivity contribution in [1.82, 2.24) is 5.32 Å². The third-order valence-corrected chi connectivity index (χ3v) is 5.65. The van der Waals surface area contributed by atoms with Gasteiger partial charge >= 0.3 is 0 Å². The molecule has 0 aliphatic carbocycles. The number of nitrogens with one attached hydrogen (secondary N) is 2. The predicted molar refractivity (Wildman–Crippen MR) is 115 cm³/mol. The van der Waals surface area contributed by atoms with Crippen LogP contribution in [0.25, 0.3) is 0 Å². The Bertz CT molecular complexity index is 1010. The van der Waals surface area contributed by atoms with Gasteiger partial charge in [0.05, 0.1) is 23.2 Å². The van der Waals surface area contributed by atoms with E-state index in [4.69, 9.17) is 0 Å². The number of carbonyl (C=O) groups is 2. The van der Waals surface area contributed by atoms with E-state index >= 15 is 0 Å². The van der Waals surface area contributed by atoms with E-state index in [9.17, 15) is 22.4 Å². The Balaban J connectivity index is 2.28. The maximum atomic E-state index is 14.2. The quantitative estimate of drug-likeness (QED) is 0.592. The highest BCUT2D eigenvalue weighted by atomic mass is 32.2. The number of hydrogen-bond acceptors (Lipinski definition) is 4. The molecule has 2 rings (SSSR count). The normalized spacial score (nSPS) is 12.1. The maximum Gasteiger partial charge on any atom is 0.253 e. The topological polar surface area (TPSA) is 95.6 Å². The second-order valence-electron chi connectivity index (χ2n) is 6.83. The highest BCUT2D eigenvalue weighted by Gasteiger charge is 2.31. The SMILES string of the molecule is CCCCNC(=O)c1ccccc1NC(=O)[C@@H](C)N(c1ccccc1F)S(C)(=O)=O. The van der Waals surface area contributed by atoms with Crippen molar-refractivity contribution in [2.24, 2.45) is 0 Å². The molecule has 2 aromatic carbocycles. The van der Waals surface area contributed by atoms with E-state index in [-0.39, 0.29) is 22.8 Å². The molecule has 162 valence electrons. The highest BCUT2D eigenvalue weighted by molar-refractivity contribution is 7.92. The molecule has 30 heavy (non-hydrogen) atoms. The van der Waals surface area contributed by atoms with Gasteiger partial charge in [-0.25, -0.2) is 12.8 Å². The second kappa shape index (κ2) is 10.2. The van der Waals surface area contributed by atoms with Crippen LogP contribution in [0.15, 0.2) is 48.5 Å². The number of unbranched alkanes of at least 4 members (excludes halogenated alkanes) is 1. The predicted octanol–water partition coefficient (Wildman–Crippen LogP) is 3.15. The van der Waals surface area contributed by atoms with E-state index in [1.165, 1.54) is 25.1 Å². The lowest BCUT2D eigenvalue weighted by atomic mass is 10.1. The summed E-state index contributed by atoms with van der Waals surface area (Å²) >= 11 is 0. The first-order chi connectivity index (χ1) is 14.2. The number of benzene rings is 2. The van der Waals surface area contributed by atoms with E-state index < -0.39 is 27.8 Å². The van der Waals surface area contributed by atoms with Crippen molar-refractivity contribution in [1.29, 1.82) is 0 Å². The molecule has 2 N–H and O–H groups in total. The standard InChI is InChI=1S/C21H26FN3O4S/c1-4-5-14-23-21(27)16-10-6-8-12-18(16)24-20(26)15(2)25(30(3,28)29)19-13-9-7-11-17(19)22/h6-13,15H,4-5,14H2,1-3H3,(H,23,27)(H,24,26)/t15-/m1/s1. The molecule has 0 saturated carbocycles. The molecular weight excluding hydrogens is 409 g/mol. The molecule has 0 saturated heterocycles. The first kappa shape index (κ1) is 23.3. The molecule has 0 bridgehead atoms. The average molecular weight is 436 g/mol. The van der Waals surface area contributed by atoms with Gasteiger partial charge in [-0.3, -0.25) is 13.9 Å². The molecule has 0 radical (unpaired) electrons. The van der Waals surface area contributed by atoms with E-state index in [0.29, 0.717) is 6.54 Å². The Hall–Kier alpha value is -2.94. The van der Waals surface area contributed by atoms with Crippen LogP contribution < -0.4 is 14.9 Å². The lowest BCUT2D eigenvalue weighted by Crippen LogP contribution is -2.46. The van der Waals surface area contributed by atoms with Crippen molar-refractivity contribution in [3.05, 3.63) is 59.9 Å². The van der Waals surface area contributed by atoms with Crippen molar-refractivity contribution in [3.8, 4) is 0 Å². The van der Waals surface area contributed by atoms with Crippen LogP contribution >= 0.6 is 0 Å². The number of anilines is 2. The summed E-state index contributed by atoms with van der Waals surface area (Å²) in [7, 11) is -3.97. The summed E-state index contributed by atoms with van der Waals surface area (Å²) in [6, 6.07) is 10.5. The molecule has 7 nitrogen and oxygen atoms in total. The summed E-state index contributed by atoms with van der Waals surface area (Å²) in [5, 5.41) is 5.37. The smallest absolute Gasteiger partial charge is 0.253 e. The molecule has 0 aliphatic rings. The van der Waals surface area contributed by atoms with E-state index in [1.54, 1.807) is 24.3 Å². The molecule has 2 aromatic rings. The van der Waals surface area contributed by atoms with Gasteiger partial charge < -0.3 is 10.6 Å². The van der Waals surface area contributed by atoms with Gasteiger partial charge in [-0.2, -0.15) is 0 Å². The monoisotopic (exact) mass is 435 g/mol. The fourth-order valence-corrected chi connectivity index (χ4v) is 4.09. The molecule has 1 atom stereocenters. The van der Waals surface area contributed by atoms with Crippen LogP contribution in [0.5, 0.6) is 0 Å². The third kappa shape index (κ3) is 5.79. The number of nitrogens with zero attached hydrogens (tertiary/aromatic N) is 1. The van der Waals surface area contributed by atoms with Gasteiger partial charge in [-0.15, -0.1) is 0 Å². The van der Waals surface area contributed by atoms with Crippen molar-refractivity contribution in [2.45, 2.75) is 32.7 Å². The first-order valence-electron chi connectivity index (χ1n) is 9.58. The fraction of sp³-hybridized carbons (Fsp3) is 0.333. The number of hydrogen-bond donors (Lipinski definition) is 2. The van der Waals surface area contributed by atoms with Crippen molar-refractivity contribution in [3.63, 3.8) is 0 Å². The van der Waals surface area contributed by atoms with Crippen LogP contribution in [0.4, 0.5) is 15.8 Å². The van der Waals surface area contributed by atoms with Crippen molar-refractivity contribution < 1.29 is 22.4 Å². The van der Waals surface area contributed by atoms with Crippen LogP contribution in [-0.4, -0.2) is 39.1 Å². The van der Waals surface area contributed by atoms with Gasteiger partial charge in [0, 0.05) is 6.54 Å². The summed E-state index contributed by atoms with van der Waals surface area (Å²) in [5.74, 6) is -1.81. The van der Waals surface area contributed by atoms with Crippen LogP contribution in [-0.2, 0) is 14.8 Å². The van der Waals surface area contributed by atoms with Gasteiger partial charge in [0.15, 0.2) is 0 Å². The van der Waals surface area contributed by atoms with Gasteiger partial charge in [-0.05, 0) is 37.6 Å². The van der Waals surface area contributed by atoms with Crippen LogP contribution in [0.2, 0.25) is 0 Å².